The summed E-state index contributed by atoms with van der Waals surface area (Å²) in [6.45, 7) is 5.01. The number of allylic oxidation sites excluding steroid dienone is 2. The van der Waals surface area contributed by atoms with Crippen molar-refractivity contribution in [1.82, 2.24) is 5.32 Å². The summed E-state index contributed by atoms with van der Waals surface area (Å²) in [5, 5.41) is 23.4. The van der Waals surface area contributed by atoms with Gasteiger partial charge in [-0.3, -0.25) is 9.59 Å². The molecule has 0 aromatic rings. The number of aliphatic hydroxyl groups is 2. The molecule has 81 heavy (non-hydrogen) atoms. The molecule has 6 heteroatoms. The Balaban J connectivity index is 3.34. The Morgan fingerprint density at radius 1 is 0.333 bits per heavy atom. The van der Waals surface area contributed by atoms with Gasteiger partial charge in [-0.15, -0.1) is 0 Å². The van der Waals surface area contributed by atoms with Crippen LogP contribution >= 0.6 is 0 Å². The van der Waals surface area contributed by atoms with E-state index in [1.165, 1.54) is 360 Å². The lowest BCUT2D eigenvalue weighted by atomic mass is 10.0. The smallest absolute Gasteiger partial charge is 0.305 e. The van der Waals surface area contributed by atoms with Crippen molar-refractivity contribution in [3.63, 3.8) is 0 Å². The average molecular weight is 1140 g/mol. The molecule has 0 rings (SSSR count). The molecular weight excluding hydrogens is 995 g/mol. The van der Waals surface area contributed by atoms with Gasteiger partial charge in [-0.1, -0.05) is 379 Å². The fraction of sp³-hybridized carbons (Fsp3) is 0.947. The molecule has 0 aliphatic heterocycles. The van der Waals surface area contributed by atoms with Crippen LogP contribution < -0.4 is 5.32 Å². The van der Waals surface area contributed by atoms with E-state index in [1.54, 1.807) is 0 Å². The van der Waals surface area contributed by atoms with Crippen LogP contribution in [0.5, 0.6) is 0 Å². The highest BCUT2D eigenvalue weighted by Crippen LogP contribution is 2.20. The van der Waals surface area contributed by atoms with Gasteiger partial charge in [-0.05, 0) is 51.4 Å². The third kappa shape index (κ3) is 67.6. The first-order chi connectivity index (χ1) is 40.0. The van der Waals surface area contributed by atoms with Crippen molar-refractivity contribution >= 4 is 11.9 Å². The van der Waals surface area contributed by atoms with Crippen molar-refractivity contribution in [2.24, 2.45) is 0 Å². The summed E-state index contributed by atoms with van der Waals surface area (Å²) in [6, 6.07) is -0.539. The number of carbonyl (C=O) groups is 2. The molecule has 482 valence electrons. The third-order valence-corrected chi connectivity index (χ3v) is 17.8. The van der Waals surface area contributed by atoms with Crippen molar-refractivity contribution in [2.75, 3.05) is 13.2 Å². The lowest BCUT2D eigenvalue weighted by molar-refractivity contribution is -0.143. The Morgan fingerprint density at radius 3 is 0.877 bits per heavy atom. The Bertz CT molecular complexity index is 1220. The second kappa shape index (κ2) is 71.1. The van der Waals surface area contributed by atoms with Crippen LogP contribution in [0.1, 0.15) is 431 Å². The average Bonchev–Trinajstić information content (AvgIpc) is 3.47. The molecule has 1 amide bonds. The topological polar surface area (TPSA) is 95.9 Å². The number of ether oxygens (including phenoxy) is 1. The maximum Gasteiger partial charge on any atom is 0.305 e. The first kappa shape index (κ1) is 79.6. The molecule has 0 fully saturated rings. The first-order valence-electron chi connectivity index (χ1n) is 37.4. The summed E-state index contributed by atoms with van der Waals surface area (Å²) >= 11 is 0. The maximum atomic E-state index is 12.5. The summed E-state index contributed by atoms with van der Waals surface area (Å²) in [7, 11) is 0. The van der Waals surface area contributed by atoms with E-state index < -0.39 is 12.1 Å². The van der Waals surface area contributed by atoms with E-state index in [4.69, 9.17) is 4.74 Å². The highest BCUT2D eigenvalue weighted by atomic mass is 16.5. The zero-order valence-electron chi connectivity index (χ0n) is 55.3. The van der Waals surface area contributed by atoms with Gasteiger partial charge in [0.1, 0.15) is 0 Å². The molecule has 0 aliphatic carbocycles. The second-order valence-corrected chi connectivity index (χ2v) is 26.0. The molecular formula is C75H147NO5. The molecule has 0 saturated carbocycles. The lowest BCUT2D eigenvalue weighted by Gasteiger charge is -2.22. The van der Waals surface area contributed by atoms with Crippen LogP contribution in [0, 0.1) is 0 Å². The Labute approximate surface area is 508 Å². The first-order valence-corrected chi connectivity index (χ1v) is 37.4. The largest absolute Gasteiger partial charge is 0.466 e. The molecule has 0 bridgehead atoms. The molecule has 6 nitrogen and oxygen atoms in total. The van der Waals surface area contributed by atoms with Crippen LogP contribution in [0.3, 0.4) is 0 Å². The molecule has 0 spiro atoms. The summed E-state index contributed by atoms with van der Waals surface area (Å²) in [6.07, 6.45) is 88.5. The van der Waals surface area contributed by atoms with E-state index in [9.17, 15) is 19.8 Å². The van der Waals surface area contributed by atoms with Gasteiger partial charge >= 0.3 is 5.97 Å². The Hall–Kier alpha value is -1.40. The van der Waals surface area contributed by atoms with Crippen LogP contribution in [0.2, 0.25) is 0 Å². The number of nitrogens with one attached hydrogen (secondary N) is 1. The minimum absolute atomic E-state index is 0.0223. The van der Waals surface area contributed by atoms with Gasteiger partial charge in [-0.2, -0.15) is 0 Å². The zero-order valence-corrected chi connectivity index (χ0v) is 55.3. The van der Waals surface area contributed by atoms with Gasteiger partial charge in [0.25, 0.3) is 0 Å². The Kier molecular flexibility index (Phi) is 69.9. The van der Waals surface area contributed by atoms with E-state index in [-0.39, 0.29) is 18.5 Å². The number of rotatable bonds is 71. The number of hydrogen-bond donors (Lipinski definition) is 3. The maximum absolute atomic E-state index is 12.5. The number of amides is 1. The molecule has 0 aromatic carbocycles. The van der Waals surface area contributed by atoms with E-state index in [2.05, 4.69) is 31.3 Å². The van der Waals surface area contributed by atoms with Crippen molar-refractivity contribution in [3.05, 3.63) is 12.2 Å². The fourth-order valence-corrected chi connectivity index (χ4v) is 12.1. The van der Waals surface area contributed by atoms with E-state index >= 15 is 0 Å². The summed E-state index contributed by atoms with van der Waals surface area (Å²) < 4.78 is 5.51. The van der Waals surface area contributed by atoms with Gasteiger partial charge in [0.15, 0.2) is 0 Å². The van der Waals surface area contributed by atoms with Gasteiger partial charge in [0, 0.05) is 12.8 Å². The lowest BCUT2D eigenvalue weighted by Crippen LogP contribution is -2.45. The van der Waals surface area contributed by atoms with Crippen LogP contribution in [0.15, 0.2) is 12.2 Å². The minimum atomic E-state index is -0.662. The molecule has 0 saturated heterocycles. The van der Waals surface area contributed by atoms with Crippen LogP contribution in [0.4, 0.5) is 0 Å². The van der Waals surface area contributed by atoms with Gasteiger partial charge in [0.05, 0.1) is 25.4 Å². The van der Waals surface area contributed by atoms with E-state index in [1.807, 2.05) is 0 Å². The number of carbonyl (C=O) groups excluding carboxylic acids is 2. The molecule has 2 atom stereocenters. The van der Waals surface area contributed by atoms with Crippen LogP contribution in [0.25, 0.3) is 0 Å². The van der Waals surface area contributed by atoms with Crippen LogP contribution in [-0.2, 0) is 14.3 Å². The molecule has 3 N–H and O–H groups in total. The number of esters is 1. The van der Waals surface area contributed by atoms with E-state index in [0.717, 1.165) is 38.5 Å². The van der Waals surface area contributed by atoms with Crippen molar-refractivity contribution in [3.8, 4) is 0 Å². The van der Waals surface area contributed by atoms with Crippen molar-refractivity contribution in [2.45, 2.75) is 443 Å². The predicted octanol–water partition coefficient (Wildman–Crippen LogP) is 24.3. The summed E-state index contributed by atoms with van der Waals surface area (Å²) in [5.41, 5.74) is 0. The highest BCUT2D eigenvalue weighted by Gasteiger charge is 2.20. The van der Waals surface area contributed by atoms with Gasteiger partial charge in [-0.25, -0.2) is 0 Å². The standard InChI is InChI=1S/C75H147NO5/c1-3-5-7-9-11-13-15-17-19-36-39-43-47-51-55-59-63-67-73(78)72(71-77)76-74(79)68-64-60-56-52-48-44-40-37-34-32-30-28-26-24-22-21-23-25-27-29-31-33-35-38-42-46-50-54-58-62-66-70-81-75(80)69-65-61-57-53-49-45-41-20-18-16-14-12-10-8-6-4-2/h23,25,72-73,77-78H,3-22,24,26-71H2,1-2H3,(H,76,79)/b25-23-. The minimum Gasteiger partial charge on any atom is -0.466 e. The molecule has 0 radical (unpaired) electrons. The third-order valence-electron chi connectivity index (χ3n) is 17.8. The summed E-state index contributed by atoms with van der Waals surface area (Å²) in [5.74, 6) is -0.00629. The zero-order chi connectivity index (χ0) is 58.5. The quantitative estimate of drug-likeness (QED) is 0.0320. The predicted molar refractivity (Wildman–Crippen MR) is 357 cm³/mol. The van der Waals surface area contributed by atoms with Crippen molar-refractivity contribution in [1.29, 1.82) is 0 Å². The monoisotopic (exact) mass is 1140 g/mol. The van der Waals surface area contributed by atoms with E-state index in [0.29, 0.717) is 25.9 Å². The van der Waals surface area contributed by atoms with Crippen molar-refractivity contribution < 1.29 is 24.5 Å². The fourth-order valence-electron chi connectivity index (χ4n) is 12.1. The molecule has 0 heterocycles. The summed E-state index contributed by atoms with van der Waals surface area (Å²) in [4.78, 5) is 24.6. The molecule has 0 aliphatic rings. The Morgan fingerprint density at radius 2 is 0.580 bits per heavy atom. The van der Waals surface area contributed by atoms with Crippen LogP contribution in [-0.4, -0.2) is 47.4 Å². The normalized spacial score (nSPS) is 12.5. The molecule has 0 aromatic heterocycles. The second-order valence-electron chi connectivity index (χ2n) is 26.0. The van der Waals surface area contributed by atoms with Gasteiger partial charge < -0.3 is 20.3 Å². The number of aliphatic hydroxyl groups excluding tert-OH is 2. The highest BCUT2D eigenvalue weighted by molar-refractivity contribution is 5.76. The number of hydrogen-bond acceptors (Lipinski definition) is 5. The van der Waals surface area contributed by atoms with Gasteiger partial charge in [0.2, 0.25) is 5.91 Å². The number of unbranched alkanes of at least 4 members (excludes halogenated alkanes) is 58. The molecule has 2 unspecified atom stereocenters. The SMILES string of the molecule is CCCCCCCCCCCCCCCCCCCC(O)C(CO)NC(=O)CCCCCCCCCCCCCCCCC/C=C\CCCCCCCCCCCCCCOC(=O)CCCCCCCCCCCCCCCCCC.